The van der Waals surface area contributed by atoms with Gasteiger partial charge in [-0.15, -0.1) is 0 Å². The highest BCUT2D eigenvalue weighted by Gasteiger charge is 2.29. The highest BCUT2D eigenvalue weighted by molar-refractivity contribution is 6.05. The Hall–Kier alpha value is -3.43. The number of benzene rings is 1. The molecule has 0 saturated carbocycles. The van der Waals surface area contributed by atoms with Crippen LogP contribution in [0.1, 0.15) is 31.1 Å². The number of pyridine rings is 1. The number of carbonyl (C=O) groups excluding carboxylic acids is 1. The first-order chi connectivity index (χ1) is 13.6. The van der Waals surface area contributed by atoms with Crippen molar-refractivity contribution < 1.29 is 24.4 Å². The lowest BCUT2D eigenvalue weighted by Crippen LogP contribution is -2.50. The van der Waals surface area contributed by atoms with E-state index in [1.807, 2.05) is 4.90 Å². The van der Waals surface area contributed by atoms with E-state index in [2.05, 4.69) is 4.98 Å². The van der Waals surface area contributed by atoms with Crippen LogP contribution in [-0.2, 0) is 4.74 Å². The van der Waals surface area contributed by atoms with Gasteiger partial charge in [0.25, 0.3) is 5.69 Å². The van der Waals surface area contributed by atoms with Gasteiger partial charge in [0.15, 0.2) is 0 Å². The second kappa shape index (κ2) is 7.53. The van der Waals surface area contributed by atoms with E-state index in [1.165, 1.54) is 24.4 Å². The van der Waals surface area contributed by atoms with Gasteiger partial charge >= 0.3 is 12.1 Å². The number of carbonyl (C=O) groups is 2. The Morgan fingerprint density at radius 2 is 1.86 bits per heavy atom. The fourth-order valence-electron chi connectivity index (χ4n) is 3.22. The van der Waals surface area contributed by atoms with Crippen LogP contribution in [0.25, 0.3) is 10.9 Å². The predicted molar refractivity (Wildman–Crippen MR) is 105 cm³/mol. The Labute approximate surface area is 166 Å². The first-order valence-corrected chi connectivity index (χ1v) is 9.10. The maximum absolute atomic E-state index is 12.3. The molecule has 10 nitrogen and oxygen atoms in total. The number of carboxylic acid groups (broad SMARTS) is 1. The fourth-order valence-corrected chi connectivity index (χ4v) is 3.22. The van der Waals surface area contributed by atoms with Crippen molar-refractivity contribution in [1.82, 2.24) is 9.88 Å². The maximum atomic E-state index is 12.3. The monoisotopic (exact) mass is 402 g/mol. The van der Waals surface area contributed by atoms with Crippen molar-refractivity contribution in [2.24, 2.45) is 0 Å². The number of nitro groups is 1. The zero-order valence-electron chi connectivity index (χ0n) is 16.4. The SMILES string of the molecule is CC(C)(C)OC(=O)N1CCN(c2c(C(=O)O)cnc3cc([N+](=O)[O-])ccc23)CC1. The normalized spacial score (nSPS) is 14.7. The molecule has 0 radical (unpaired) electrons. The molecule has 0 atom stereocenters. The van der Waals surface area contributed by atoms with Gasteiger partial charge in [0.2, 0.25) is 0 Å². The molecule has 0 unspecified atom stereocenters. The quantitative estimate of drug-likeness (QED) is 0.613. The summed E-state index contributed by atoms with van der Waals surface area (Å²) in [6.07, 6.45) is 0.801. The van der Waals surface area contributed by atoms with Gasteiger partial charge in [-0.1, -0.05) is 0 Å². The van der Waals surface area contributed by atoms with Crippen LogP contribution in [0.5, 0.6) is 0 Å². The molecule has 0 bridgehead atoms. The van der Waals surface area contributed by atoms with Crippen molar-refractivity contribution in [1.29, 1.82) is 0 Å². The number of nitrogens with zero attached hydrogens (tertiary/aromatic N) is 4. The van der Waals surface area contributed by atoms with Crippen LogP contribution in [-0.4, -0.2) is 63.8 Å². The number of amides is 1. The molecule has 3 rings (SSSR count). The summed E-state index contributed by atoms with van der Waals surface area (Å²) in [5.74, 6) is -1.14. The molecule has 0 spiro atoms. The summed E-state index contributed by atoms with van der Waals surface area (Å²) in [7, 11) is 0. The minimum absolute atomic E-state index is 0.0112. The number of hydrogen-bond donors (Lipinski definition) is 1. The molecule has 2 aromatic rings. The third-order valence-electron chi connectivity index (χ3n) is 4.51. The average Bonchev–Trinajstić information content (AvgIpc) is 2.65. The number of anilines is 1. The summed E-state index contributed by atoms with van der Waals surface area (Å²) in [5, 5.41) is 21.2. The summed E-state index contributed by atoms with van der Waals surface area (Å²) < 4.78 is 5.39. The second-order valence-corrected chi connectivity index (χ2v) is 7.74. The van der Waals surface area contributed by atoms with Crippen LogP contribution in [0.2, 0.25) is 0 Å². The van der Waals surface area contributed by atoms with E-state index in [1.54, 1.807) is 25.7 Å². The molecule has 1 N–H and O–H groups in total. The van der Waals surface area contributed by atoms with Crippen LogP contribution >= 0.6 is 0 Å². The molecular weight excluding hydrogens is 380 g/mol. The number of non-ortho nitro benzene ring substituents is 1. The average molecular weight is 402 g/mol. The van der Waals surface area contributed by atoms with Crippen molar-refractivity contribution in [2.45, 2.75) is 26.4 Å². The molecule has 1 aromatic carbocycles. The van der Waals surface area contributed by atoms with Gasteiger partial charge in [-0.2, -0.15) is 0 Å². The maximum Gasteiger partial charge on any atom is 0.410 e. The molecule has 10 heteroatoms. The van der Waals surface area contributed by atoms with E-state index in [0.717, 1.165) is 0 Å². The molecule has 0 aliphatic carbocycles. The molecule has 154 valence electrons. The largest absolute Gasteiger partial charge is 0.478 e. The van der Waals surface area contributed by atoms with Crippen molar-refractivity contribution in [2.75, 3.05) is 31.1 Å². The van der Waals surface area contributed by atoms with Crippen molar-refractivity contribution in [3.05, 3.63) is 40.1 Å². The van der Waals surface area contributed by atoms with Gasteiger partial charge in [-0.25, -0.2) is 9.59 Å². The number of ether oxygens (including phenoxy) is 1. The summed E-state index contributed by atoms with van der Waals surface area (Å²) in [5.41, 5.74) is 0.0848. The van der Waals surface area contributed by atoms with E-state index >= 15 is 0 Å². The lowest BCUT2D eigenvalue weighted by atomic mass is 10.1. The number of aromatic carboxylic acids is 1. The summed E-state index contributed by atoms with van der Waals surface area (Å²) in [6.45, 7) is 6.91. The number of aromatic nitrogens is 1. The minimum atomic E-state index is -1.14. The third-order valence-corrected chi connectivity index (χ3v) is 4.51. The van der Waals surface area contributed by atoms with Gasteiger partial charge in [-0.05, 0) is 26.8 Å². The number of fused-ring (bicyclic) bond motifs is 1. The van der Waals surface area contributed by atoms with Gasteiger partial charge in [0, 0.05) is 49.9 Å². The molecule has 1 aliphatic heterocycles. The first kappa shape index (κ1) is 20.3. The number of piperazine rings is 1. The topological polar surface area (TPSA) is 126 Å². The predicted octanol–water partition coefficient (Wildman–Crippen LogP) is 2.90. The molecular formula is C19H22N4O6. The Morgan fingerprint density at radius 1 is 1.21 bits per heavy atom. The van der Waals surface area contributed by atoms with Crippen molar-refractivity contribution >= 4 is 34.3 Å². The first-order valence-electron chi connectivity index (χ1n) is 9.10. The smallest absolute Gasteiger partial charge is 0.410 e. The van der Waals surface area contributed by atoms with Gasteiger partial charge in [0.1, 0.15) is 11.2 Å². The summed E-state index contributed by atoms with van der Waals surface area (Å²) in [4.78, 5) is 42.1. The Bertz CT molecular complexity index is 977. The number of nitro benzene ring substituents is 1. The number of carboxylic acids is 1. The molecule has 29 heavy (non-hydrogen) atoms. The fraction of sp³-hybridized carbons (Fsp3) is 0.421. The molecule has 1 saturated heterocycles. The summed E-state index contributed by atoms with van der Waals surface area (Å²) >= 11 is 0. The lowest BCUT2D eigenvalue weighted by Gasteiger charge is -2.37. The van der Waals surface area contributed by atoms with E-state index < -0.39 is 22.6 Å². The third kappa shape index (κ3) is 4.36. The van der Waals surface area contributed by atoms with E-state index in [4.69, 9.17) is 4.74 Å². The highest BCUT2D eigenvalue weighted by Crippen LogP contribution is 2.32. The standard InChI is InChI=1S/C19H22N4O6/c1-19(2,3)29-18(26)22-8-6-21(7-9-22)16-13-5-4-12(23(27)28)10-15(13)20-11-14(16)17(24)25/h4-5,10-11H,6-9H2,1-3H3,(H,24,25). The van der Waals surface area contributed by atoms with Gasteiger partial charge in [0.05, 0.1) is 16.1 Å². The van der Waals surface area contributed by atoms with Crippen LogP contribution in [0.4, 0.5) is 16.2 Å². The Kier molecular flexibility index (Phi) is 5.27. The molecule has 1 fully saturated rings. The van der Waals surface area contributed by atoms with Crippen LogP contribution in [0.3, 0.4) is 0 Å². The zero-order valence-corrected chi connectivity index (χ0v) is 16.4. The molecule has 1 aromatic heterocycles. The number of hydrogen-bond acceptors (Lipinski definition) is 7. The Balaban J connectivity index is 1.91. The summed E-state index contributed by atoms with van der Waals surface area (Å²) in [6, 6.07) is 4.17. The molecule has 1 aliphatic rings. The lowest BCUT2D eigenvalue weighted by molar-refractivity contribution is -0.384. The molecule has 2 heterocycles. The van der Waals surface area contributed by atoms with E-state index in [9.17, 15) is 24.8 Å². The zero-order chi connectivity index (χ0) is 21.3. The van der Waals surface area contributed by atoms with Gasteiger partial charge < -0.3 is 19.6 Å². The van der Waals surface area contributed by atoms with E-state index in [0.29, 0.717) is 42.8 Å². The minimum Gasteiger partial charge on any atom is -0.478 e. The highest BCUT2D eigenvalue weighted by atomic mass is 16.6. The second-order valence-electron chi connectivity index (χ2n) is 7.74. The van der Waals surface area contributed by atoms with Crippen LogP contribution in [0.15, 0.2) is 24.4 Å². The van der Waals surface area contributed by atoms with Crippen LogP contribution < -0.4 is 4.90 Å². The van der Waals surface area contributed by atoms with Crippen LogP contribution in [0, 0.1) is 10.1 Å². The van der Waals surface area contributed by atoms with Crippen molar-refractivity contribution in [3.8, 4) is 0 Å². The number of rotatable bonds is 3. The van der Waals surface area contributed by atoms with Crippen molar-refractivity contribution in [3.63, 3.8) is 0 Å². The Morgan fingerprint density at radius 3 is 2.41 bits per heavy atom. The van der Waals surface area contributed by atoms with Gasteiger partial charge in [-0.3, -0.25) is 15.1 Å². The molecule has 1 amide bonds. The van der Waals surface area contributed by atoms with E-state index in [-0.39, 0.29) is 11.3 Å².